The van der Waals surface area contributed by atoms with Crippen molar-refractivity contribution in [3.05, 3.63) is 132 Å². The van der Waals surface area contributed by atoms with E-state index < -0.39 is 0 Å². The second-order valence-electron chi connectivity index (χ2n) is 9.54. The van der Waals surface area contributed by atoms with Crippen molar-refractivity contribution in [3.8, 4) is 51.0 Å². The summed E-state index contributed by atoms with van der Waals surface area (Å²) in [6.07, 6.45) is 9.75. The van der Waals surface area contributed by atoms with Crippen molar-refractivity contribution in [3.63, 3.8) is 0 Å². The van der Waals surface area contributed by atoms with E-state index in [2.05, 4.69) is 29.9 Å². The van der Waals surface area contributed by atoms with Gasteiger partial charge in [-0.2, -0.15) is 0 Å². The minimum atomic E-state index is -0.167. The molecule has 45 heavy (non-hydrogen) atoms. The van der Waals surface area contributed by atoms with Crippen molar-refractivity contribution in [2.75, 3.05) is 11.5 Å². The zero-order valence-electron chi connectivity index (χ0n) is 23.7. The first-order valence-corrected chi connectivity index (χ1v) is 13.7. The third-order valence-corrected chi connectivity index (χ3v) is 6.50. The number of H-pyrrole nitrogens is 1. The molecule has 0 bridgehead atoms. The molecule has 6 heterocycles. The van der Waals surface area contributed by atoms with Gasteiger partial charge in [0.15, 0.2) is 11.5 Å². The quantitative estimate of drug-likeness (QED) is 0.206. The highest BCUT2D eigenvalue weighted by molar-refractivity contribution is 5.79. The van der Waals surface area contributed by atoms with Crippen LogP contribution in [0.1, 0.15) is 5.56 Å². The van der Waals surface area contributed by atoms with Gasteiger partial charge in [0.1, 0.15) is 18.0 Å². The van der Waals surface area contributed by atoms with Gasteiger partial charge in [-0.1, -0.05) is 30.3 Å². The molecule has 0 spiro atoms. The lowest BCUT2D eigenvalue weighted by Gasteiger charge is -2.09. The van der Waals surface area contributed by atoms with Crippen molar-refractivity contribution >= 4 is 11.9 Å². The average Bonchev–Trinajstić information content (AvgIpc) is 3.81. The third kappa shape index (κ3) is 6.92. The van der Waals surface area contributed by atoms with Crippen molar-refractivity contribution in [2.24, 2.45) is 0 Å². The Morgan fingerprint density at radius 1 is 0.667 bits per heavy atom. The van der Waals surface area contributed by atoms with Gasteiger partial charge in [0.2, 0.25) is 23.3 Å². The molecule has 0 fully saturated rings. The van der Waals surface area contributed by atoms with E-state index in [9.17, 15) is 4.79 Å². The van der Waals surface area contributed by atoms with Crippen LogP contribution >= 0.6 is 0 Å². The molecule has 1 aromatic carbocycles. The van der Waals surface area contributed by atoms with E-state index in [-0.39, 0.29) is 17.5 Å². The first kappa shape index (κ1) is 28.6. The molecule has 5 N–H and O–H groups in total. The summed E-state index contributed by atoms with van der Waals surface area (Å²) in [4.78, 5) is 34.7. The van der Waals surface area contributed by atoms with Gasteiger partial charge in [0.25, 0.3) is 0 Å². The van der Waals surface area contributed by atoms with Crippen LogP contribution in [-0.4, -0.2) is 29.9 Å². The molecule has 0 aliphatic carbocycles. The first-order valence-electron chi connectivity index (χ1n) is 13.7. The molecule has 0 saturated carbocycles. The van der Waals surface area contributed by atoms with Gasteiger partial charge in [0, 0.05) is 59.2 Å². The number of benzene rings is 1. The number of pyridine rings is 2. The van der Waals surface area contributed by atoms with Gasteiger partial charge in [-0.15, -0.1) is 0 Å². The predicted molar refractivity (Wildman–Crippen MR) is 168 cm³/mol. The Balaban J connectivity index is 0.000000167. The van der Waals surface area contributed by atoms with Gasteiger partial charge >= 0.3 is 0 Å². The van der Waals surface area contributed by atoms with E-state index in [0.717, 1.165) is 27.8 Å². The second kappa shape index (κ2) is 13.2. The molecular formula is C33H26N8O4. The number of nitrogen functional groups attached to an aromatic ring is 2. The van der Waals surface area contributed by atoms with E-state index in [1.165, 1.54) is 6.07 Å². The number of nitrogens with one attached hydrogen (secondary N) is 1. The fraction of sp³-hybridized carbons (Fsp3) is 0.0303. The normalized spacial score (nSPS) is 10.6. The lowest BCUT2D eigenvalue weighted by atomic mass is 10.1. The van der Waals surface area contributed by atoms with Crippen LogP contribution < -0.4 is 21.8 Å². The lowest BCUT2D eigenvalue weighted by molar-refractivity contribution is 0.294. The number of rotatable bonds is 7. The van der Waals surface area contributed by atoms with Crippen LogP contribution in [0.25, 0.3) is 45.2 Å². The summed E-state index contributed by atoms with van der Waals surface area (Å²) in [5, 5.41) is 0. The molecule has 7 aromatic rings. The number of hydrogen-bond acceptors (Lipinski definition) is 11. The van der Waals surface area contributed by atoms with Gasteiger partial charge in [-0.3, -0.25) is 4.79 Å². The Hall–Kier alpha value is -6.56. The largest absolute Gasteiger partial charge is 0.473 e. The molecule has 0 unspecified atom stereocenters. The summed E-state index contributed by atoms with van der Waals surface area (Å²) in [6.45, 7) is 0.468. The molecule has 0 aliphatic heterocycles. The fourth-order valence-corrected chi connectivity index (χ4v) is 4.35. The Labute approximate surface area is 256 Å². The van der Waals surface area contributed by atoms with Gasteiger partial charge in [0.05, 0.1) is 12.5 Å². The first-order chi connectivity index (χ1) is 22.0. The highest BCUT2D eigenvalue weighted by Crippen LogP contribution is 2.31. The van der Waals surface area contributed by atoms with E-state index >= 15 is 0 Å². The van der Waals surface area contributed by atoms with Gasteiger partial charge in [-0.25, -0.2) is 24.9 Å². The number of anilines is 2. The van der Waals surface area contributed by atoms with Crippen LogP contribution in [0.2, 0.25) is 0 Å². The maximum absolute atomic E-state index is 11.1. The molecule has 222 valence electrons. The minimum Gasteiger partial charge on any atom is -0.473 e. The number of hydrogen-bond donors (Lipinski definition) is 3. The SMILES string of the molecule is Nc1ncc(-c2ccc(=O)[nH]c2)c(-c2ccco2)n1.Nc1ncc(-c2ccc(OCc3ccccc3)nc2)c(-c2ccco2)n1. The van der Waals surface area contributed by atoms with Crippen molar-refractivity contribution in [1.29, 1.82) is 0 Å². The standard InChI is InChI=1S/C20H16N4O2.C13H10N4O2/c21-20-23-12-16(19(24-20)17-7-4-10-25-17)15-8-9-18(22-11-15)26-13-14-5-2-1-3-6-14;14-13-16-7-9(8-3-4-11(18)15-6-8)12(17-13)10-2-1-5-19-10/h1-12H,13H2,(H2,21,23,24);1-7H,(H,15,18)(H2,14,16,17). The molecule has 12 heteroatoms. The maximum Gasteiger partial charge on any atom is 0.247 e. The summed E-state index contributed by atoms with van der Waals surface area (Å²) in [5.41, 5.74) is 16.6. The molecule has 0 saturated heterocycles. The van der Waals surface area contributed by atoms with E-state index in [1.54, 1.807) is 61.6 Å². The summed E-state index contributed by atoms with van der Waals surface area (Å²) >= 11 is 0. The van der Waals surface area contributed by atoms with Gasteiger partial charge in [-0.05, 0) is 42.0 Å². The number of ether oxygens (including phenoxy) is 1. The number of aromatic nitrogens is 6. The smallest absolute Gasteiger partial charge is 0.247 e. The summed E-state index contributed by atoms with van der Waals surface area (Å²) in [6, 6.07) is 24.0. The Bertz CT molecular complexity index is 2020. The number of nitrogens with two attached hydrogens (primary N) is 2. The van der Waals surface area contributed by atoms with Crippen LogP contribution in [0, 0.1) is 0 Å². The van der Waals surface area contributed by atoms with Gasteiger partial charge < -0.3 is 30.0 Å². The summed E-state index contributed by atoms with van der Waals surface area (Å²) in [7, 11) is 0. The Kier molecular flexibility index (Phi) is 8.36. The topological polar surface area (TPSA) is 185 Å². The third-order valence-electron chi connectivity index (χ3n) is 6.50. The van der Waals surface area contributed by atoms with Crippen molar-refractivity contribution in [1.82, 2.24) is 29.9 Å². The number of nitrogens with zero attached hydrogens (tertiary/aromatic N) is 5. The number of aromatic amines is 1. The zero-order valence-corrected chi connectivity index (χ0v) is 23.7. The highest BCUT2D eigenvalue weighted by Gasteiger charge is 2.14. The van der Waals surface area contributed by atoms with E-state index in [1.807, 2.05) is 48.5 Å². The van der Waals surface area contributed by atoms with Crippen LogP contribution in [0.4, 0.5) is 11.9 Å². The molecule has 0 atom stereocenters. The highest BCUT2D eigenvalue weighted by atomic mass is 16.5. The van der Waals surface area contributed by atoms with E-state index in [0.29, 0.717) is 35.4 Å². The average molecular weight is 599 g/mol. The predicted octanol–water partition coefficient (Wildman–Crippen LogP) is 5.63. The van der Waals surface area contributed by atoms with Crippen LogP contribution in [-0.2, 0) is 6.61 Å². The number of furan rings is 2. The Morgan fingerprint density at radius 3 is 1.82 bits per heavy atom. The van der Waals surface area contributed by atoms with Crippen LogP contribution in [0.3, 0.4) is 0 Å². The van der Waals surface area contributed by atoms with Crippen molar-refractivity contribution in [2.45, 2.75) is 6.61 Å². The lowest BCUT2D eigenvalue weighted by Crippen LogP contribution is -2.03. The van der Waals surface area contributed by atoms with Crippen molar-refractivity contribution < 1.29 is 13.6 Å². The Morgan fingerprint density at radius 2 is 1.29 bits per heavy atom. The molecule has 0 aliphatic rings. The van der Waals surface area contributed by atoms with E-state index in [4.69, 9.17) is 25.0 Å². The summed E-state index contributed by atoms with van der Waals surface area (Å²) in [5.74, 6) is 2.12. The molecule has 6 aromatic heterocycles. The van der Waals surface area contributed by atoms with Crippen LogP contribution in [0.5, 0.6) is 5.88 Å². The fourth-order valence-electron chi connectivity index (χ4n) is 4.35. The minimum absolute atomic E-state index is 0.166. The molecule has 0 radical (unpaired) electrons. The molecule has 7 rings (SSSR count). The molecular weight excluding hydrogens is 572 g/mol. The summed E-state index contributed by atoms with van der Waals surface area (Å²) < 4.78 is 16.5. The maximum atomic E-state index is 11.1. The van der Waals surface area contributed by atoms with Crippen LogP contribution in [0.15, 0.2) is 130 Å². The molecule has 0 amide bonds. The molecule has 12 nitrogen and oxygen atoms in total. The second-order valence-corrected chi connectivity index (χ2v) is 9.54. The zero-order chi connectivity index (χ0) is 31.0. The monoisotopic (exact) mass is 598 g/mol.